The highest BCUT2D eigenvalue weighted by Crippen LogP contribution is 2.21. The Kier molecular flexibility index (Phi) is 4.89. The third kappa shape index (κ3) is 3.46. The van der Waals surface area contributed by atoms with Crippen molar-refractivity contribution in [1.82, 2.24) is 25.0 Å². The number of nitrogens with one attached hydrogen (secondary N) is 1. The van der Waals surface area contributed by atoms with Gasteiger partial charge >= 0.3 is 0 Å². The lowest BCUT2D eigenvalue weighted by atomic mass is 9.98. The van der Waals surface area contributed by atoms with E-state index in [1.165, 1.54) is 10.9 Å². The van der Waals surface area contributed by atoms with Gasteiger partial charge in [0.05, 0.1) is 18.3 Å². The van der Waals surface area contributed by atoms with Crippen molar-refractivity contribution in [3.05, 3.63) is 42.1 Å². The van der Waals surface area contributed by atoms with E-state index in [4.69, 9.17) is 0 Å². The van der Waals surface area contributed by atoms with Crippen molar-refractivity contribution in [2.75, 3.05) is 20.1 Å². The Morgan fingerprint density at radius 1 is 1.38 bits per heavy atom. The number of rotatable bonds is 4. The minimum atomic E-state index is -0.409. The minimum absolute atomic E-state index is 0.0987. The van der Waals surface area contributed by atoms with E-state index in [1.54, 1.807) is 12.3 Å². The number of hydrogen-bond donors (Lipinski definition) is 1. The fourth-order valence-corrected chi connectivity index (χ4v) is 3.04. The van der Waals surface area contributed by atoms with Crippen LogP contribution in [0.2, 0.25) is 0 Å². The van der Waals surface area contributed by atoms with Crippen molar-refractivity contribution >= 4 is 5.91 Å². The van der Waals surface area contributed by atoms with Gasteiger partial charge in [0.2, 0.25) is 5.91 Å². The molecule has 3 rings (SSSR count). The molecule has 1 amide bonds. The van der Waals surface area contributed by atoms with Gasteiger partial charge in [0.15, 0.2) is 11.6 Å². The van der Waals surface area contributed by atoms with Gasteiger partial charge in [0.1, 0.15) is 0 Å². The summed E-state index contributed by atoms with van der Waals surface area (Å²) in [6.45, 7) is 3.80. The third-order valence-corrected chi connectivity index (χ3v) is 4.63. The maximum Gasteiger partial charge on any atom is 0.229 e. The van der Waals surface area contributed by atoms with Gasteiger partial charge in [-0.15, -0.1) is 0 Å². The Hall–Kier alpha value is -2.28. The van der Waals surface area contributed by atoms with Crippen LogP contribution in [0, 0.1) is 5.82 Å². The maximum atomic E-state index is 13.0. The molecule has 24 heavy (non-hydrogen) atoms. The molecular weight excluding hydrogens is 309 g/mol. The average Bonchev–Trinajstić information content (AvgIpc) is 3.07. The van der Waals surface area contributed by atoms with Crippen LogP contribution in [0.15, 0.2) is 30.7 Å². The molecule has 2 aromatic heterocycles. The van der Waals surface area contributed by atoms with Crippen LogP contribution in [-0.2, 0) is 4.79 Å². The van der Waals surface area contributed by atoms with Crippen LogP contribution >= 0.6 is 0 Å². The molecule has 0 bridgehead atoms. The number of piperidine rings is 1. The summed E-state index contributed by atoms with van der Waals surface area (Å²) in [5.74, 6) is -0.0515. The first-order chi connectivity index (χ1) is 11.6. The number of aromatic nitrogens is 3. The fraction of sp³-hybridized carbons (Fsp3) is 0.471. The van der Waals surface area contributed by atoms with Gasteiger partial charge in [-0.25, -0.2) is 14.1 Å². The molecule has 128 valence electrons. The highest BCUT2D eigenvalue weighted by atomic mass is 19.1. The SMILES string of the molecule is CC(C(=O)N(C)C1CCNCC1)c1ccc(-n2cc(F)cn2)nc1. The summed E-state index contributed by atoms with van der Waals surface area (Å²) in [4.78, 5) is 18.9. The second kappa shape index (κ2) is 7.09. The molecule has 1 atom stereocenters. The van der Waals surface area contributed by atoms with Crippen LogP contribution in [0.3, 0.4) is 0 Å². The fourth-order valence-electron chi connectivity index (χ4n) is 3.04. The second-order valence-corrected chi connectivity index (χ2v) is 6.20. The quantitative estimate of drug-likeness (QED) is 0.927. The number of pyridine rings is 1. The smallest absolute Gasteiger partial charge is 0.229 e. The third-order valence-electron chi connectivity index (χ3n) is 4.63. The Balaban J connectivity index is 1.69. The maximum absolute atomic E-state index is 13.0. The summed E-state index contributed by atoms with van der Waals surface area (Å²) in [5, 5.41) is 7.19. The molecule has 3 heterocycles. The van der Waals surface area contributed by atoms with Gasteiger partial charge in [-0.3, -0.25) is 4.79 Å². The molecule has 0 aliphatic carbocycles. The summed E-state index contributed by atoms with van der Waals surface area (Å²) < 4.78 is 14.4. The number of nitrogens with zero attached hydrogens (tertiary/aromatic N) is 4. The van der Waals surface area contributed by atoms with Crippen LogP contribution in [0.25, 0.3) is 5.82 Å². The van der Waals surface area contributed by atoms with Gasteiger partial charge in [-0.2, -0.15) is 5.10 Å². The van der Waals surface area contributed by atoms with Crippen molar-refractivity contribution in [1.29, 1.82) is 0 Å². The number of carbonyl (C=O) groups is 1. The molecular formula is C17H22FN5O. The predicted octanol–water partition coefficient (Wildman–Crippen LogP) is 1.72. The normalized spacial score (nSPS) is 16.8. The van der Waals surface area contributed by atoms with Gasteiger partial charge in [0, 0.05) is 19.3 Å². The van der Waals surface area contributed by atoms with Gasteiger partial charge in [-0.05, 0) is 44.5 Å². The number of amides is 1. The van der Waals surface area contributed by atoms with Crippen LogP contribution < -0.4 is 5.32 Å². The minimum Gasteiger partial charge on any atom is -0.342 e. The molecule has 2 aromatic rings. The summed E-state index contributed by atoms with van der Waals surface area (Å²) in [7, 11) is 1.88. The zero-order chi connectivity index (χ0) is 17.1. The van der Waals surface area contributed by atoms with Gasteiger partial charge in [0.25, 0.3) is 0 Å². The van der Waals surface area contributed by atoms with Crippen molar-refractivity contribution < 1.29 is 9.18 Å². The predicted molar refractivity (Wildman–Crippen MR) is 88.4 cm³/mol. The first-order valence-corrected chi connectivity index (χ1v) is 8.20. The molecule has 6 nitrogen and oxygen atoms in total. The van der Waals surface area contributed by atoms with Crippen LogP contribution in [-0.4, -0.2) is 51.8 Å². The summed E-state index contributed by atoms with van der Waals surface area (Å²) in [6.07, 6.45) is 6.03. The van der Waals surface area contributed by atoms with E-state index >= 15 is 0 Å². The number of carbonyl (C=O) groups excluding carboxylic acids is 1. The standard InChI is InChI=1S/C17H22FN5O/c1-12(17(24)22(2)15-5-7-19-8-6-15)13-3-4-16(20-9-13)23-11-14(18)10-21-23/h3-4,9-12,15,19H,5-8H2,1-2H3. The van der Waals surface area contributed by atoms with E-state index in [-0.39, 0.29) is 11.8 Å². The van der Waals surface area contributed by atoms with Crippen molar-refractivity contribution in [2.24, 2.45) is 0 Å². The van der Waals surface area contributed by atoms with E-state index in [2.05, 4.69) is 15.4 Å². The average molecular weight is 331 g/mol. The Morgan fingerprint density at radius 2 is 2.12 bits per heavy atom. The summed E-state index contributed by atoms with van der Waals surface area (Å²) >= 11 is 0. The van der Waals surface area contributed by atoms with Crippen molar-refractivity contribution in [3.8, 4) is 5.82 Å². The van der Waals surface area contributed by atoms with E-state index in [9.17, 15) is 9.18 Å². The summed E-state index contributed by atoms with van der Waals surface area (Å²) in [6, 6.07) is 3.89. The monoisotopic (exact) mass is 331 g/mol. The first-order valence-electron chi connectivity index (χ1n) is 8.20. The zero-order valence-electron chi connectivity index (χ0n) is 13.9. The van der Waals surface area contributed by atoms with Crippen LogP contribution in [0.5, 0.6) is 0 Å². The molecule has 7 heteroatoms. The van der Waals surface area contributed by atoms with Gasteiger partial charge in [-0.1, -0.05) is 6.07 Å². The van der Waals surface area contributed by atoms with Crippen molar-refractivity contribution in [3.63, 3.8) is 0 Å². The lowest BCUT2D eigenvalue weighted by Crippen LogP contribution is -2.45. The lowest BCUT2D eigenvalue weighted by molar-refractivity contribution is -0.133. The lowest BCUT2D eigenvalue weighted by Gasteiger charge is -2.33. The number of likely N-dealkylation sites (N-methyl/N-ethyl adjacent to an activating group) is 1. The Labute approximate surface area is 140 Å². The molecule has 1 fully saturated rings. The van der Waals surface area contributed by atoms with E-state index < -0.39 is 5.82 Å². The van der Waals surface area contributed by atoms with Crippen LogP contribution in [0.4, 0.5) is 4.39 Å². The van der Waals surface area contributed by atoms with E-state index in [0.717, 1.165) is 37.7 Å². The first kappa shape index (κ1) is 16.6. The zero-order valence-corrected chi connectivity index (χ0v) is 13.9. The van der Waals surface area contributed by atoms with Crippen molar-refractivity contribution in [2.45, 2.75) is 31.7 Å². The highest BCUT2D eigenvalue weighted by molar-refractivity contribution is 5.83. The molecule has 1 unspecified atom stereocenters. The van der Waals surface area contributed by atoms with E-state index in [0.29, 0.717) is 11.9 Å². The van der Waals surface area contributed by atoms with Gasteiger partial charge < -0.3 is 10.2 Å². The molecule has 0 aromatic carbocycles. The topological polar surface area (TPSA) is 63.1 Å². The molecule has 1 saturated heterocycles. The second-order valence-electron chi connectivity index (χ2n) is 6.20. The highest BCUT2D eigenvalue weighted by Gasteiger charge is 2.26. The largest absolute Gasteiger partial charge is 0.342 e. The Bertz CT molecular complexity index is 693. The number of hydrogen-bond acceptors (Lipinski definition) is 4. The van der Waals surface area contributed by atoms with E-state index in [1.807, 2.05) is 24.9 Å². The molecule has 1 N–H and O–H groups in total. The molecule has 0 saturated carbocycles. The molecule has 0 spiro atoms. The Morgan fingerprint density at radius 3 is 2.71 bits per heavy atom. The summed E-state index contributed by atoms with van der Waals surface area (Å²) in [5.41, 5.74) is 0.845. The molecule has 0 radical (unpaired) electrons. The van der Waals surface area contributed by atoms with Crippen LogP contribution in [0.1, 0.15) is 31.2 Å². The molecule has 1 aliphatic rings. The molecule has 1 aliphatic heterocycles. The number of halogens is 1.